The highest BCUT2D eigenvalue weighted by molar-refractivity contribution is 5.70. The fourth-order valence-corrected chi connectivity index (χ4v) is 1.95. The molecule has 0 aliphatic heterocycles. The largest absolute Gasteiger partial charge is 0.508 e. The minimum Gasteiger partial charge on any atom is -0.508 e. The van der Waals surface area contributed by atoms with Crippen LogP contribution in [0.25, 0.3) is 0 Å². The summed E-state index contributed by atoms with van der Waals surface area (Å²) >= 11 is 0. The third kappa shape index (κ3) is 3.77. The molecule has 0 aromatic heterocycles. The van der Waals surface area contributed by atoms with Crippen LogP contribution in [0.1, 0.15) is 43.2 Å². The van der Waals surface area contributed by atoms with Crippen LogP contribution in [0.3, 0.4) is 0 Å². The molecule has 0 bridgehead atoms. The van der Waals surface area contributed by atoms with Gasteiger partial charge in [0.1, 0.15) is 5.75 Å². The second-order valence-electron chi connectivity index (χ2n) is 4.31. The highest BCUT2D eigenvalue weighted by Crippen LogP contribution is 2.28. The summed E-state index contributed by atoms with van der Waals surface area (Å²) in [5, 5.41) is 9.49. The molecule has 0 unspecified atom stereocenters. The van der Waals surface area contributed by atoms with Crippen LogP contribution in [0.2, 0.25) is 0 Å². The van der Waals surface area contributed by atoms with E-state index in [0.717, 1.165) is 24.0 Å². The molecule has 0 heterocycles. The maximum atomic E-state index is 11.4. The second kappa shape index (κ2) is 6.28. The monoisotopic (exact) mass is 236 g/mol. The standard InChI is InChI=1S/C14H20O3/c1-4-5-11(9-14(16)17-3)12-6-7-13(15)10(2)8-12/h6-8,11,15H,4-5,9H2,1-3H3/t11-/m1/s1. The number of methoxy groups -OCH3 is 1. The third-order valence-corrected chi connectivity index (χ3v) is 2.97. The number of aryl methyl sites for hydroxylation is 1. The Morgan fingerprint density at radius 2 is 2.18 bits per heavy atom. The molecule has 1 atom stereocenters. The van der Waals surface area contributed by atoms with Crippen LogP contribution in [0.5, 0.6) is 5.75 Å². The van der Waals surface area contributed by atoms with Gasteiger partial charge in [0.15, 0.2) is 0 Å². The third-order valence-electron chi connectivity index (χ3n) is 2.97. The van der Waals surface area contributed by atoms with Gasteiger partial charge in [-0.15, -0.1) is 0 Å². The summed E-state index contributed by atoms with van der Waals surface area (Å²) in [5.74, 6) is 0.281. The zero-order valence-corrected chi connectivity index (χ0v) is 10.7. The first kappa shape index (κ1) is 13.6. The Bertz CT molecular complexity index is 385. The van der Waals surface area contributed by atoms with E-state index in [2.05, 4.69) is 6.92 Å². The SMILES string of the molecule is CCC[C@H](CC(=O)OC)c1ccc(O)c(C)c1. The number of aromatic hydroxyl groups is 1. The highest BCUT2D eigenvalue weighted by atomic mass is 16.5. The lowest BCUT2D eigenvalue weighted by molar-refractivity contribution is -0.141. The predicted molar refractivity (Wildman–Crippen MR) is 67.1 cm³/mol. The Balaban J connectivity index is 2.88. The van der Waals surface area contributed by atoms with Gasteiger partial charge >= 0.3 is 5.97 Å². The number of benzene rings is 1. The number of phenolic OH excluding ortho intramolecular Hbond substituents is 1. The van der Waals surface area contributed by atoms with Gasteiger partial charge in [0, 0.05) is 0 Å². The molecule has 0 fully saturated rings. The lowest BCUT2D eigenvalue weighted by Crippen LogP contribution is -2.08. The minimum absolute atomic E-state index is 0.173. The molecule has 94 valence electrons. The summed E-state index contributed by atoms with van der Waals surface area (Å²) < 4.78 is 4.71. The van der Waals surface area contributed by atoms with Gasteiger partial charge in [0.25, 0.3) is 0 Å². The summed E-state index contributed by atoms with van der Waals surface area (Å²) in [6, 6.07) is 5.51. The number of esters is 1. The maximum absolute atomic E-state index is 11.4. The van der Waals surface area contributed by atoms with Crippen molar-refractivity contribution in [2.45, 2.75) is 39.0 Å². The second-order valence-corrected chi connectivity index (χ2v) is 4.31. The number of hydrogen-bond acceptors (Lipinski definition) is 3. The lowest BCUT2D eigenvalue weighted by Gasteiger charge is -2.16. The van der Waals surface area contributed by atoms with E-state index in [4.69, 9.17) is 4.74 Å². The fourth-order valence-electron chi connectivity index (χ4n) is 1.95. The van der Waals surface area contributed by atoms with E-state index in [1.807, 2.05) is 19.1 Å². The Labute approximate surface area is 102 Å². The molecule has 0 spiro atoms. The first-order valence-electron chi connectivity index (χ1n) is 5.94. The van der Waals surface area contributed by atoms with Crippen molar-refractivity contribution in [3.8, 4) is 5.75 Å². The van der Waals surface area contributed by atoms with Crippen LogP contribution in [-0.2, 0) is 9.53 Å². The van der Waals surface area contributed by atoms with Gasteiger partial charge in [0.05, 0.1) is 13.5 Å². The van der Waals surface area contributed by atoms with Crippen molar-refractivity contribution < 1.29 is 14.6 Å². The molecule has 1 aromatic carbocycles. The molecule has 0 amide bonds. The van der Waals surface area contributed by atoms with Crippen molar-refractivity contribution in [3.05, 3.63) is 29.3 Å². The van der Waals surface area contributed by atoms with E-state index in [9.17, 15) is 9.90 Å². The highest BCUT2D eigenvalue weighted by Gasteiger charge is 2.16. The lowest BCUT2D eigenvalue weighted by atomic mass is 9.90. The van der Waals surface area contributed by atoms with Gasteiger partial charge in [-0.3, -0.25) is 4.79 Å². The Kier molecular flexibility index (Phi) is 5.01. The Hall–Kier alpha value is -1.51. The van der Waals surface area contributed by atoms with Crippen molar-refractivity contribution in [3.63, 3.8) is 0 Å². The molecule has 0 saturated carbocycles. The number of carbonyl (C=O) groups excluding carboxylic acids is 1. The zero-order chi connectivity index (χ0) is 12.8. The number of ether oxygens (including phenoxy) is 1. The Morgan fingerprint density at radius 3 is 2.71 bits per heavy atom. The van der Waals surface area contributed by atoms with Gasteiger partial charge in [-0.2, -0.15) is 0 Å². The first-order valence-corrected chi connectivity index (χ1v) is 5.94. The normalized spacial score (nSPS) is 12.2. The van der Waals surface area contributed by atoms with Gasteiger partial charge < -0.3 is 9.84 Å². The average molecular weight is 236 g/mol. The van der Waals surface area contributed by atoms with E-state index in [1.165, 1.54) is 7.11 Å². The molecule has 0 saturated heterocycles. The van der Waals surface area contributed by atoms with Gasteiger partial charge in [0.2, 0.25) is 0 Å². The van der Waals surface area contributed by atoms with Gasteiger partial charge in [-0.1, -0.05) is 25.5 Å². The number of phenols is 1. The molecule has 1 N–H and O–H groups in total. The van der Waals surface area contributed by atoms with E-state index in [1.54, 1.807) is 6.07 Å². The van der Waals surface area contributed by atoms with Gasteiger partial charge in [-0.05, 0) is 36.5 Å². The summed E-state index contributed by atoms with van der Waals surface area (Å²) in [5.41, 5.74) is 1.93. The Morgan fingerprint density at radius 1 is 1.47 bits per heavy atom. The summed E-state index contributed by atoms with van der Waals surface area (Å²) in [7, 11) is 1.41. The number of hydrogen-bond donors (Lipinski definition) is 1. The van der Waals surface area contributed by atoms with Crippen LogP contribution in [0, 0.1) is 6.92 Å². The molecule has 1 aromatic rings. The van der Waals surface area contributed by atoms with Crippen LogP contribution in [-0.4, -0.2) is 18.2 Å². The molecule has 17 heavy (non-hydrogen) atoms. The first-order chi connectivity index (χ1) is 8.08. The van der Waals surface area contributed by atoms with Crippen molar-refractivity contribution in [1.82, 2.24) is 0 Å². The summed E-state index contributed by atoms with van der Waals surface area (Å²) in [6.45, 7) is 3.96. The van der Waals surface area contributed by atoms with Crippen molar-refractivity contribution in [1.29, 1.82) is 0 Å². The molecule has 0 radical (unpaired) electrons. The van der Waals surface area contributed by atoms with Gasteiger partial charge in [-0.25, -0.2) is 0 Å². The van der Waals surface area contributed by atoms with E-state index in [-0.39, 0.29) is 11.9 Å². The zero-order valence-electron chi connectivity index (χ0n) is 10.7. The molecular weight excluding hydrogens is 216 g/mol. The van der Waals surface area contributed by atoms with Crippen LogP contribution in [0.15, 0.2) is 18.2 Å². The molecule has 3 heteroatoms. The van der Waals surface area contributed by atoms with Crippen molar-refractivity contribution in [2.24, 2.45) is 0 Å². The smallest absolute Gasteiger partial charge is 0.306 e. The van der Waals surface area contributed by atoms with Crippen molar-refractivity contribution in [2.75, 3.05) is 7.11 Å². The molecule has 0 aliphatic carbocycles. The molecule has 3 nitrogen and oxygen atoms in total. The van der Waals surface area contributed by atoms with E-state index < -0.39 is 0 Å². The molecule has 0 aliphatic rings. The predicted octanol–water partition coefficient (Wildman–Crippen LogP) is 3.15. The van der Waals surface area contributed by atoms with Crippen LogP contribution in [0.4, 0.5) is 0 Å². The minimum atomic E-state index is -0.186. The number of carbonyl (C=O) groups is 1. The quantitative estimate of drug-likeness (QED) is 0.799. The number of rotatable bonds is 5. The summed E-state index contributed by atoms with van der Waals surface area (Å²) in [6.07, 6.45) is 2.36. The maximum Gasteiger partial charge on any atom is 0.306 e. The molecular formula is C14H20O3. The topological polar surface area (TPSA) is 46.5 Å². The van der Waals surface area contributed by atoms with Crippen LogP contribution < -0.4 is 0 Å². The van der Waals surface area contributed by atoms with E-state index in [0.29, 0.717) is 12.2 Å². The average Bonchev–Trinajstić information content (AvgIpc) is 2.32. The summed E-state index contributed by atoms with van der Waals surface area (Å²) in [4.78, 5) is 11.4. The fraction of sp³-hybridized carbons (Fsp3) is 0.500. The van der Waals surface area contributed by atoms with E-state index >= 15 is 0 Å². The van der Waals surface area contributed by atoms with Crippen LogP contribution >= 0.6 is 0 Å². The van der Waals surface area contributed by atoms with Crippen molar-refractivity contribution >= 4 is 5.97 Å². The molecule has 1 rings (SSSR count).